The first kappa shape index (κ1) is 26.5. The van der Waals surface area contributed by atoms with Crippen LogP contribution in [-0.4, -0.2) is 44.7 Å². The van der Waals surface area contributed by atoms with Crippen molar-refractivity contribution in [1.29, 1.82) is 0 Å². The summed E-state index contributed by atoms with van der Waals surface area (Å²) in [6, 6.07) is 22.2. The van der Waals surface area contributed by atoms with Crippen molar-refractivity contribution < 1.29 is 27.4 Å². The van der Waals surface area contributed by atoms with Gasteiger partial charge in [0.25, 0.3) is 10.0 Å². The monoisotopic (exact) mass is 552 g/mol. The second kappa shape index (κ2) is 11.0. The van der Waals surface area contributed by atoms with Crippen LogP contribution in [0.3, 0.4) is 0 Å². The Labute approximate surface area is 231 Å². The number of benzene rings is 3. The van der Waals surface area contributed by atoms with E-state index in [1.54, 1.807) is 68.9 Å². The lowest BCUT2D eigenvalue weighted by atomic mass is 10.0. The van der Waals surface area contributed by atoms with Crippen molar-refractivity contribution in [3.05, 3.63) is 108 Å². The second-order valence-electron chi connectivity index (χ2n) is 8.64. The van der Waals surface area contributed by atoms with Crippen LogP contribution in [0.1, 0.15) is 21.5 Å². The summed E-state index contributed by atoms with van der Waals surface area (Å²) in [5, 5.41) is 0.545. The highest BCUT2D eigenvalue weighted by Crippen LogP contribution is 2.34. The molecule has 5 rings (SSSR count). The molecule has 0 unspecified atom stereocenters. The third-order valence-electron chi connectivity index (χ3n) is 6.25. The largest absolute Gasteiger partial charge is 0.493 e. The van der Waals surface area contributed by atoms with Gasteiger partial charge in [-0.3, -0.25) is 0 Å². The summed E-state index contributed by atoms with van der Waals surface area (Å²) >= 11 is 0. The number of hydrogen-bond donors (Lipinski definition) is 0. The molecule has 0 atom stereocenters. The number of methoxy groups -OCH3 is 3. The van der Waals surface area contributed by atoms with Crippen LogP contribution in [-0.2, 0) is 14.8 Å². The molecule has 8 nitrogen and oxygen atoms in total. The number of pyridine rings is 1. The third kappa shape index (κ3) is 5.00. The van der Waals surface area contributed by atoms with Gasteiger partial charge in [-0.15, -0.1) is 0 Å². The predicted octanol–water partition coefficient (Wildman–Crippen LogP) is 5.14. The van der Waals surface area contributed by atoms with Crippen molar-refractivity contribution in [2.24, 2.45) is 0 Å². The van der Waals surface area contributed by atoms with E-state index in [4.69, 9.17) is 14.2 Å². The van der Waals surface area contributed by atoms with Gasteiger partial charge >= 0.3 is 5.97 Å². The standard InChI is InChI=1S/C31H24N2O6S/c1-37-28-15-14-22(18-29(28)38-2)25-17-27-24(13-12-21-8-7-9-23(16-21)31(34)39-3)20-33(30(27)32-19-25)40(35,36)26-10-5-4-6-11-26/h4-11,14-20H,1-3H3. The molecule has 0 aliphatic heterocycles. The van der Waals surface area contributed by atoms with Gasteiger partial charge in [0.2, 0.25) is 0 Å². The molecule has 0 N–H and O–H groups in total. The van der Waals surface area contributed by atoms with Crippen molar-refractivity contribution in [2.75, 3.05) is 21.3 Å². The zero-order valence-corrected chi connectivity index (χ0v) is 22.7. The molecule has 5 aromatic rings. The molecule has 0 amide bonds. The molecule has 0 saturated carbocycles. The van der Waals surface area contributed by atoms with Crippen molar-refractivity contribution in [3.63, 3.8) is 0 Å². The molecular formula is C31H24N2O6S. The molecule has 40 heavy (non-hydrogen) atoms. The Morgan fingerprint density at radius 2 is 1.60 bits per heavy atom. The van der Waals surface area contributed by atoms with E-state index in [0.717, 1.165) is 15.1 Å². The fourth-order valence-corrected chi connectivity index (χ4v) is 5.57. The first-order valence-electron chi connectivity index (χ1n) is 12.1. The normalized spacial score (nSPS) is 11.0. The van der Waals surface area contributed by atoms with Gasteiger partial charge in [-0.05, 0) is 54.1 Å². The summed E-state index contributed by atoms with van der Waals surface area (Å²) in [6.07, 6.45) is 3.08. The number of carbonyl (C=O) groups excluding carboxylic acids is 1. The van der Waals surface area contributed by atoms with E-state index in [1.165, 1.54) is 25.4 Å². The lowest BCUT2D eigenvalue weighted by Crippen LogP contribution is -2.12. The molecule has 0 radical (unpaired) electrons. The highest BCUT2D eigenvalue weighted by atomic mass is 32.2. The van der Waals surface area contributed by atoms with Crippen LogP contribution in [0.15, 0.2) is 96.2 Å². The van der Waals surface area contributed by atoms with Gasteiger partial charge in [0, 0.05) is 28.9 Å². The van der Waals surface area contributed by atoms with Crippen LogP contribution >= 0.6 is 0 Å². The van der Waals surface area contributed by atoms with Gasteiger partial charge in [0.1, 0.15) is 0 Å². The van der Waals surface area contributed by atoms with Crippen LogP contribution in [0.25, 0.3) is 22.2 Å². The van der Waals surface area contributed by atoms with E-state index in [2.05, 4.69) is 16.8 Å². The highest BCUT2D eigenvalue weighted by molar-refractivity contribution is 7.90. The molecule has 3 aromatic carbocycles. The Morgan fingerprint density at radius 1 is 0.825 bits per heavy atom. The maximum absolute atomic E-state index is 13.6. The van der Waals surface area contributed by atoms with Crippen LogP contribution in [0.4, 0.5) is 0 Å². The van der Waals surface area contributed by atoms with E-state index in [9.17, 15) is 13.2 Å². The minimum atomic E-state index is -3.96. The van der Waals surface area contributed by atoms with Gasteiger partial charge in [-0.25, -0.2) is 22.2 Å². The number of rotatable bonds is 6. The zero-order chi connectivity index (χ0) is 28.3. The Balaban J connectivity index is 1.69. The van der Waals surface area contributed by atoms with Crippen molar-refractivity contribution in [3.8, 4) is 34.5 Å². The Kier molecular flexibility index (Phi) is 7.27. The predicted molar refractivity (Wildman–Crippen MR) is 151 cm³/mol. The summed E-state index contributed by atoms with van der Waals surface area (Å²) in [5.41, 5.74) is 3.16. The average molecular weight is 553 g/mol. The highest BCUT2D eigenvalue weighted by Gasteiger charge is 2.22. The summed E-state index contributed by atoms with van der Waals surface area (Å²) in [6.45, 7) is 0. The summed E-state index contributed by atoms with van der Waals surface area (Å²) in [4.78, 5) is 16.6. The maximum atomic E-state index is 13.6. The lowest BCUT2D eigenvalue weighted by Gasteiger charge is -2.10. The molecule has 200 valence electrons. The van der Waals surface area contributed by atoms with Gasteiger partial charge in [0.15, 0.2) is 17.1 Å². The number of fused-ring (bicyclic) bond motifs is 1. The van der Waals surface area contributed by atoms with E-state index >= 15 is 0 Å². The third-order valence-corrected chi connectivity index (χ3v) is 7.92. The number of esters is 1. The molecule has 0 aliphatic carbocycles. The first-order chi connectivity index (χ1) is 19.3. The van der Waals surface area contributed by atoms with E-state index in [-0.39, 0.29) is 10.5 Å². The maximum Gasteiger partial charge on any atom is 0.337 e. The van der Waals surface area contributed by atoms with E-state index < -0.39 is 16.0 Å². The zero-order valence-electron chi connectivity index (χ0n) is 21.9. The molecule has 0 spiro atoms. The van der Waals surface area contributed by atoms with Gasteiger partial charge in [-0.2, -0.15) is 0 Å². The van der Waals surface area contributed by atoms with Crippen molar-refractivity contribution in [2.45, 2.75) is 4.90 Å². The smallest absolute Gasteiger partial charge is 0.337 e. The molecule has 2 heterocycles. The van der Waals surface area contributed by atoms with Gasteiger partial charge < -0.3 is 14.2 Å². The topological polar surface area (TPSA) is 96.7 Å². The number of nitrogens with zero attached hydrogens (tertiary/aromatic N) is 2. The second-order valence-corrected chi connectivity index (χ2v) is 10.5. The van der Waals surface area contributed by atoms with Crippen LogP contribution in [0.2, 0.25) is 0 Å². The number of hydrogen-bond acceptors (Lipinski definition) is 7. The van der Waals surface area contributed by atoms with Crippen molar-refractivity contribution in [1.82, 2.24) is 8.96 Å². The number of carbonyl (C=O) groups is 1. The molecular weight excluding hydrogens is 528 g/mol. The fraction of sp³-hybridized carbons (Fsp3) is 0.0968. The molecule has 0 saturated heterocycles. The van der Waals surface area contributed by atoms with E-state index in [0.29, 0.717) is 33.6 Å². The van der Waals surface area contributed by atoms with E-state index in [1.807, 2.05) is 18.2 Å². The molecule has 9 heteroatoms. The van der Waals surface area contributed by atoms with Crippen LogP contribution in [0.5, 0.6) is 11.5 Å². The quantitative estimate of drug-likeness (QED) is 0.212. The average Bonchev–Trinajstić information content (AvgIpc) is 3.38. The first-order valence-corrected chi connectivity index (χ1v) is 13.5. The lowest BCUT2D eigenvalue weighted by molar-refractivity contribution is 0.0600. The molecule has 0 bridgehead atoms. The number of aromatic nitrogens is 2. The Morgan fingerprint density at radius 3 is 2.33 bits per heavy atom. The molecule has 0 aliphatic rings. The summed E-state index contributed by atoms with van der Waals surface area (Å²) in [7, 11) is 0.472. The molecule has 0 fully saturated rings. The number of ether oxygens (including phenoxy) is 3. The van der Waals surface area contributed by atoms with Crippen LogP contribution in [0, 0.1) is 11.8 Å². The minimum absolute atomic E-state index is 0.128. The Hall–Kier alpha value is -5.07. The van der Waals surface area contributed by atoms with Crippen LogP contribution < -0.4 is 9.47 Å². The van der Waals surface area contributed by atoms with Gasteiger partial charge in [0.05, 0.1) is 37.4 Å². The summed E-state index contributed by atoms with van der Waals surface area (Å²) < 4.78 is 43.9. The minimum Gasteiger partial charge on any atom is -0.493 e. The SMILES string of the molecule is COC(=O)c1cccc(C#Cc2cn(S(=O)(=O)c3ccccc3)c3ncc(-c4ccc(OC)c(OC)c4)cc23)c1. The summed E-state index contributed by atoms with van der Waals surface area (Å²) in [5.74, 6) is 6.78. The van der Waals surface area contributed by atoms with Crippen molar-refractivity contribution >= 4 is 27.0 Å². The molecule has 2 aromatic heterocycles. The Bertz CT molecular complexity index is 1900. The van der Waals surface area contributed by atoms with Gasteiger partial charge in [-0.1, -0.05) is 42.2 Å². The fourth-order valence-electron chi connectivity index (χ4n) is 4.22.